The molecule has 332 valence electrons. The molecule has 0 aliphatic heterocycles. The van der Waals surface area contributed by atoms with Crippen molar-refractivity contribution in [2.75, 3.05) is 52.4 Å². The van der Waals surface area contributed by atoms with E-state index in [0.29, 0.717) is 13.1 Å². The van der Waals surface area contributed by atoms with Crippen LogP contribution in [0.4, 0.5) is 0 Å². The van der Waals surface area contributed by atoms with Gasteiger partial charge in [0.2, 0.25) is 0 Å². The molecule has 0 saturated heterocycles. The Bertz CT molecular complexity index is 683. The fourth-order valence-corrected chi connectivity index (χ4v) is 7.97. The van der Waals surface area contributed by atoms with Crippen molar-refractivity contribution in [3.05, 3.63) is 0 Å². The zero-order valence-corrected chi connectivity index (χ0v) is 38.1. The number of hydrogen-bond donors (Lipinski definition) is 5. The van der Waals surface area contributed by atoms with Gasteiger partial charge in [-0.15, -0.1) is 0 Å². The van der Waals surface area contributed by atoms with Gasteiger partial charge in [0, 0.05) is 19.6 Å². The van der Waals surface area contributed by atoms with E-state index in [1.807, 2.05) is 0 Å². The van der Waals surface area contributed by atoms with Crippen molar-refractivity contribution in [1.29, 1.82) is 0 Å². The standard InChI is InChI=1S/C49H104N4O2/c1-4-7-10-13-16-19-22-24-26-29-32-35-40-50-41-37-39-44-53(43-38-34-31-28-25-23-20-17-14-11-8-5-2)47-48(54)45-51-46-49(55)52-42-36-33-30-27-21-18-15-12-9-6-3/h48-52,54-55H,4-47H2,1-3H3. The van der Waals surface area contributed by atoms with Gasteiger partial charge in [0.25, 0.3) is 0 Å². The number of rotatable bonds is 49. The molecule has 0 amide bonds. The first-order valence-corrected chi connectivity index (χ1v) is 25.4. The van der Waals surface area contributed by atoms with Gasteiger partial charge in [-0.3, -0.25) is 5.32 Å². The van der Waals surface area contributed by atoms with Gasteiger partial charge in [-0.2, -0.15) is 0 Å². The Balaban J connectivity index is 4.13. The van der Waals surface area contributed by atoms with Crippen molar-refractivity contribution in [1.82, 2.24) is 20.9 Å². The summed E-state index contributed by atoms with van der Waals surface area (Å²) in [5.41, 5.74) is 0. The molecule has 6 nitrogen and oxygen atoms in total. The van der Waals surface area contributed by atoms with Gasteiger partial charge in [0.1, 0.15) is 6.23 Å². The summed E-state index contributed by atoms with van der Waals surface area (Å²) in [7, 11) is 0. The maximum atomic E-state index is 10.9. The molecule has 2 atom stereocenters. The van der Waals surface area contributed by atoms with E-state index in [2.05, 4.69) is 41.6 Å². The van der Waals surface area contributed by atoms with Crippen molar-refractivity contribution in [3.8, 4) is 0 Å². The number of nitrogens with one attached hydrogen (secondary N) is 3. The molecule has 0 rings (SSSR count). The SMILES string of the molecule is CCCCCCCCCCCCCCNCCCCN(CCCCCCCCCCCCCC)CC(O)CNCC(O)NCCCCCCCCCCCC. The van der Waals surface area contributed by atoms with Crippen molar-refractivity contribution >= 4 is 0 Å². The summed E-state index contributed by atoms with van der Waals surface area (Å²) in [6.45, 7) is 13.9. The minimum Gasteiger partial charge on any atom is -0.390 e. The van der Waals surface area contributed by atoms with E-state index in [0.717, 1.165) is 45.7 Å². The van der Waals surface area contributed by atoms with Crippen LogP contribution >= 0.6 is 0 Å². The Morgan fingerprint density at radius 1 is 0.345 bits per heavy atom. The van der Waals surface area contributed by atoms with E-state index >= 15 is 0 Å². The Morgan fingerprint density at radius 3 is 1.05 bits per heavy atom. The predicted octanol–water partition coefficient (Wildman–Crippen LogP) is 12.8. The molecular formula is C49H104N4O2. The lowest BCUT2D eigenvalue weighted by molar-refractivity contribution is 0.0964. The average molecular weight is 781 g/mol. The van der Waals surface area contributed by atoms with Gasteiger partial charge in [0.05, 0.1) is 6.10 Å². The zero-order valence-electron chi connectivity index (χ0n) is 38.1. The first kappa shape index (κ1) is 54.8. The molecular weight excluding hydrogens is 677 g/mol. The van der Waals surface area contributed by atoms with E-state index in [1.54, 1.807) is 0 Å². The fraction of sp³-hybridized carbons (Fsp3) is 1.00. The maximum Gasteiger partial charge on any atom is 0.117 e. The highest BCUT2D eigenvalue weighted by Gasteiger charge is 2.13. The van der Waals surface area contributed by atoms with E-state index in [-0.39, 0.29) is 0 Å². The topological polar surface area (TPSA) is 79.8 Å². The fourth-order valence-electron chi connectivity index (χ4n) is 7.97. The Morgan fingerprint density at radius 2 is 0.655 bits per heavy atom. The molecule has 6 heteroatoms. The molecule has 0 aromatic carbocycles. The van der Waals surface area contributed by atoms with Crippen LogP contribution in [0.5, 0.6) is 0 Å². The third-order valence-electron chi connectivity index (χ3n) is 11.7. The predicted molar refractivity (Wildman–Crippen MR) is 245 cm³/mol. The Labute approximate surface area is 346 Å². The van der Waals surface area contributed by atoms with Gasteiger partial charge in [-0.05, 0) is 64.8 Å². The second kappa shape index (κ2) is 48.1. The van der Waals surface area contributed by atoms with Crippen molar-refractivity contribution in [3.63, 3.8) is 0 Å². The molecule has 0 aromatic rings. The summed E-state index contributed by atoms with van der Waals surface area (Å²) in [4.78, 5) is 2.51. The van der Waals surface area contributed by atoms with E-state index in [4.69, 9.17) is 0 Å². The normalized spacial score (nSPS) is 13.0. The lowest BCUT2D eigenvalue weighted by atomic mass is 10.1. The molecule has 5 N–H and O–H groups in total. The zero-order chi connectivity index (χ0) is 40.0. The number of aliphatic hydroxyl groups excluding tert-OH is 2. The number of aliphatic hydroxyl groups is 2. The van der Waals surface area contributed by atoms with Gasteiger partial charge in [-0.25, -0.2) is 0 Å². The molecule has 2 unspecified atom stereocenters. The molecule has 0 aromatic heterocycles. The van der Waals surface area contributed by atoms with E-state index in [9.17, 15) is 10.2 Å². The molecule has 0 aliphatic carbocycles. The second-order valence-corrected chi connectivity index (χ2v) is 17.5. The summed E-state index contributed by atoms with van der Waals surface area (Å²) in [5.74, 6) is 0. The van der Waals surface area contributed by atoms with Crippen LogP contribution in [0.25, 0.3) is 0 Å². The monoisotopic (exact) mass is 781 g/mol. The number of hydrogen-bond acceptors (Lipinski definition) is 6. The third kappa shape index (κ3) is 46.3. The second-order valence-electron chi connectivity index (χ2n) is 17.5. The van der Waals surface area contributed by atoms with Gasteiger partial charge >= 0.3 is 0 Å². The molecule has 0 aliphatic rings. The first-order chi connectivity index (χ1) is 27.1. The molecule has 0 spiro atoms. The highest BCUT2D eigenvalue weighted by atomic mass is 16.3. The summed E-state index contributed by atoms with van der Waals surface area (Å²) in [5, 5.41) is 31.6. The minimum absolute atomic E-state index is 0.407. The number of nitrogens with zero attached hydrogens (tertiary/aromatic N) is 1. The van der Waals surface area contributed by atoms with Crippen molar-refractivity contribution in [2.45, 2.75) is 264 Å². The molecule has 0 bridgehead atoms. The molecule has 0 radical (unpaired) electrons. The average Bonchev–Trinajstić information content (AvgIpc) is 3.18. The number of unbranched alkanes of at least 4 members (excludes halogenated alkanes) is 32. The van der Waals surface area contributed by atoms with Crippen LogP contribution in [-0.4, -0.2) is 79.8 Å². The Hall–Kier alpha value is -0.240. The van der Waals surface area contributed by atoms with Crippen molar-refractivity contribution < 1.29 is 10.2 Å². The maximum absolute atomic E-state index is 10.9. The van der Waals surface area contributed by atoms with Crippen LogP contribution in [0.15, 0.2) is 0 Å². The van der Waals surface area contributed by atoms with E-state index in [1.165, 1.54) is 225 Å². The van der Waals surface area contributed by atoms with Crippen LogP contribution in [-0.2, 0) is 0 Å². The summed E-state index contributed by atoms with van der Waals surface area (Å²) >= 11 is 0. The summed E-state index contributed by atoms with van der Waals surface area (Å²) < 4.78 is 0. The van der Waals surface area contributed by atoms with Crippen molar-refractivity contribution in [2.24, 2.45) is 0 Å². The molecule has 0 fully saturated rings. The third-order valence-corrected chi connectivity index (χ3v) is 11.7. The van der Waals surface area contributed by atoms with Crippen LogP contribution in [0.1, 0.15) is 252 Å². The van der Waals surface area contributed by atoms with Crippen LogP contribution < -0.4 is 16.0 Å². The molecule has 55 heavy (non-hydrogen) atoms. The summed E-state index contributed by atoms with van der Waals surface area (Å²) in [6.07, 6.45) is 48.1. The van der Waals surface area contributed by atoms with Crippen LogP contribution in [0, 0.1) is 0 Å². The Kier molecular flexibility index (Phi) is 47.9. The highest BCUT2D eigenvalue weighted by molar-refractivity contribution is 4.69. The molecule has 0 heterocycles. The summed E-state index contributed by atoms with van der Waals surface area (Å²) in [6, 6.07) is 0. The quantitative estimate of drug-likeness (QED) is 0.0313. The van der Waals surface area contributed by atoms with Crippen LogP contribution in [0.3, 0.4) is 0 Å². The van der Waals surface area contributed by atoms with Gasteiger partial charge in [-0.1, -0.05) is 220 Å². The van der Waals surface area contributed by atoms with Crippen LogP contribution in [0.2, 0.25) is 0 Å². The molecule has 0 saturated carbocycles. The van der Waals surface area contributed by atoms with Gasteiger partial charge < -0.3 is 25.7 Å². The van der Waals surface area contributed by atoms with Gasteiger partial charge in [0.15, 0.2) is 0 Å². The van der Waals surface area contributed by atoms with E-state index < -0.39 is 12.3 Å². The lowest BCUT2D eigenvalue weighted by Gasteiger charge is -2.26. The largest absolute Gasteiger partial charge is 0.390 e. The lowest BCUT2D eigenvalue weighted by Crippen LogP contribution is -2.44. The first-order valence-electron chi connectivity index (χ1n) is 25.4. The minimum atomic E-state index is -0.551. The smallest absolute Gasteiger partial charge is 0.117 e. The highest BCUT2D eigenvalue weighted by Crippen LogP contribution is 2.14.